The first kappa shape index (κ1) is 29.4. The third kappa shape index (κ3) is 8.70. The van der Waals surface area contributed by atoms with Gasteiger partial charge in [0.1, 0.15) is 0 Å². The SMILES string of the molecule is C[Si](C)(C)O/C(=C/c1ccccc1)C(c1ccccc1)C(/C(=C\c1ccccc1)O[Si](C)(C)C)c1ccccc1. The fourth-order valence-corrected chi connectivity index (χ4v) is 6.65. The van der Waals surface area contributed by atoms with Crippen LogP contribution in [-0.2, 0) is 8.85 Å². The Morgan fingerprint density at radius 1 is 0.450 bits per heavy atom. The van der Waals surface area contributed by atoms with E-state index in [-0.39, 0.29) is 11.8 Å². The molecule has 0 aliphatic rings. The number of hydrogen-bond donors (Lipinski definition) is 0. The molecule has 2 nitrogen and oxygen atoms in total. The van der Waals surface area contributed by atoms with Gasteiger partial charge in [0.2, 0.25) is 16.6 Å². The highest BCUT2D eigenvalue weighted by Crippen LogP contribution is 2.46. The Morgan fingerprint density at radius 2 is 0.725 bits per heavy atom. The van der Waals surface area contributed by atoms with E-state index in [1.54, 1.807) is 0 Å². The van der Waals surface area contributed by atoms with Crippen LogP contribution in [0.25, 0.3) is 12.2 Å². The molecule has 4 rings (SSSR count). The molecule has 0 bridgehead atoms. The lowest BCUT2D eigenvalue weighted by Gasteiger charge is -2.37. The second kappa shape index (κ2) is 13.2. The zero-order chi connectivity index (χ0) is 28.6. The Labute approximate surface area is 243 Å². The molecule has 0 aliphatic carbocycles. The smallest absolute Gasteiger partial charge is 0.241 e. The molecule has 0 saturated heterocycles. The van der Waals surface area contributed by atoms with Gasteiger partial charge in [0.25, 0.3) is 0 Å². The predicted octanol–water partition coefficient (Wildman–Crippen LogP) is 10.3. The van der Waals surface area contributed by atoms with Crippen LogP contribution in [0.4, 0.5) is 0 Å². The minimum atomic E-state index is -1.99. The first-order valence-corrected chi connectivity index (χ1v) is 20.9. The van der Waals surface area contributed by atoms with Crippen molar-refractivity contribution in [3.05, 3.63) is 155 Å². The molecule has 0 amide bonds. The molecule has 4 aromatic rings. The van der Waals surface area contributed by atoms with Crippen LogP contribution >= 0.6 is 0 Å². The van der Waals surface area contributed by atoms with Crippen molar-refractivity contribution in [3.8, 4) is 0 Å². The topological polar surface area (TPSA) is 18.5 Å². The zero-order valence-corrected chi connectivity index (χ0v) is 26.7. The van der Waals surface area contributed by atoms with Gasteiger partial charge in [-0.05, 0) is 73.7 Å². The van der Waals surface area contributed by atoms with Crippen molar-refractivity contribution in [2.75, 3.05) is 0 Å². The van der Waals surface area contributed by atoms with Gasteiger partial charge < -0.3 is 8.85 Å². The minimum absolute atomic E-state index is 0.0955. The first-order valence-electron chi connectivity index (χ1n) is 14.1. The Hall–Kier alpha value is -3.61. The number of hydrogen-bond acceptors (Lipinski definition) is 2. The summed E-state index contributed by atoms with van der Waals surface area (Å²) in [5.74, 6) is 1.76. The average molecular weight is 563 g/mol. The lowest BCUT2D eigenvalue weighted by Crippen LogP contribution is -2.31. The Kier molecular flexibility index (Phi) is 9.67. The van der Waals surface area contributed by atoms with Crippen molar-refractivity contribution in [1.82, 2.24) is 0 Å². The molecule has 206 valence electrons. The highest BCUT2D eigenvalue weighted by molar-refractivity contribution is 6.70. The third-order valence-corrected chi connectivity index (χ3v) is 8.02. The van der Waals surface area contributed by atoms with Crippen LogP contribution in [0.2, 0.25) is 39.3 Å². The molecule has 0 heterocycles. The standard InChI is InChI=1S/C36H42O2Si2/c1-39(2,3)37-33(27-29-19-11-7-12-20-29)35(31-23-15-9-16-24-31)36(32-25-17-10-18-26-32)34(38-40(4,5)6)28-30-21-13-8-14-22-30/h7-28,35-36H,1-6H3/b33-27+,34-28+. The maximum absolute atomic E-state index is 7.02. The summed E-state index contributed by atoms with van der Waals surface area (Å²) in [6.45, 7) is 13.5. The quantitative estimate of drug-likeness (QED) is 0.134. The summed E-state index contributed by atoms with van der Waals surface area (Å²) >= 11 is 0. The second-order valence-corrected chi connectivity index (χ2v) is 21.0. The van der Waals surface area contributed by atoms with Crippen molar-refractivity contribution in [2.45, 2.75) is 51.1 Å². The molecule has 0 aromatic heterocycles. The fraction of sp³-hybridized carbons (Fsp3) is 0.222. The molecule has 0 aliphatic heterocycles. The van der Waals surface area contributed by atoms with E-state index in [0.717, 1.165) is 22.6 Å². The van der Waals surface area contributed by atoms with Gasteiger partial charge >= 0.3 is 0 Å². The summed E-state index contributed by atoms with van der Waals surface area (Å²) in [6.07, 6.45) is 4.47. The number of allylic oxidation sites excluding steroid dienone is 2. The lowest BCUT2D eigenvalue weighted by molar-refractivity contribution is 0.325. The molecular weight excluding hydrogens is 521 g/mol. The van der Waals surface area contributed by atoms with Gasteiger partial charge in [-0.15, -0.1) is 0 Å². The van der Waals surface area contributed by atoms with Crippen LogP contribution in [0.15, 0.2) is 133 Å². The molecule has 2 unspecified atom stereocenters. The van der Waals surface area contributed by atoms with E-state index in [9.17, 15) is 0 Å². The number of rotatable bonds is 11. The fourth-order valence-electron chi connectivity index (χ4n) is 4.86. The molecule has 0 fully saturated rings. The molecule has 4 aromatic carbocycles. The van der Waals surface area contributed by atoms with Crippen LogP contribution in [0.5, 0.6) is 0 Å². The van der Waals surface area contributed by atoms with Crippen LogP contribution in [0.1, 0.15) is 34.1 Å². The van der Waals surface area contributed by atoms with E-state index in [0.29, 0.717) is 0 Å². The predicted molar refractivity (Wildman–Crippen MR) is 176 cm³/mol. The largest absolute Gasteiger partial charge is 0.547 e. The van der Waals surface area contributed by atoms with Crippen molar-refractivity contribution < 1.29 is 8.85 Å². The van der Waals surface area contributed by atoms with Crippen LogP contribution in [-0.4, -0.2) is 16.6 Å². The van der Waals surface area contributed by atoms with Gasteiger partial charge in [-0.2, -0.15) is 0 Å². The van der Waals surface area contributed by atoms with Gasteiger partial charge in [-0.3, -0.25) is 0 Å². The zero-order valence-electron chi connectivity index (χ0n) is 24.7. The summed E-state index contributed by atoms with van der Waals surface area (Å²) < 4.78 is 14.0. The summed E-state index contributed by atoms with van der Waals surface area (Å²) in [5, 5.41) is 0. The normalized spacial score (nSPS) is 14.3. The minimum Gasteiger partial charge on any atom is -0.547 e. The van der Waals surface area contributed by atoms with E-state index >= 15 is 0 Å². The van der Waals surface area contributed by atoms with Crippen molar-refractivity contribution in [3.63, 3.8) is 0 Å². The van der Waals surface area contributed by atoms with Gasteiger partial charge in [-0.1, -0.05) is 121 Å². The van der Waals surface area contributed by atoms with E-state index in [2.05, 4.69) is 173 Å². The van der Waals surface area contributed by atoms with E-state index in [1.807, 2.05) is 0 Å². The average Bonchev–Trinajstić information content (AvgIpc) is 2.91. The van der Waals surface area contributed by atoms with Crippen LogP contribution < -0.4 is 0 Å². The van der Waals surface area contributed by atoms with Gasteiger partial charge in [0.05, 0.1) is 23.4 Å². The summed E-state index contributed by atoms with van der Waals surface area (Å²) in [4.78, 5) is 0. The molecule has 2 atom stereocenters. The third-order valence-electron chi connectivity index (χ3n) is 6.33. The monoisotopic (exact) mass is 562 g/mol. The van der Waals surface area contributed by atoms with Gasteiger partial charge in [-0.25, -0.2) is 0 Å². The molecule has 0 radical (unpaired) electrons. The lowest BCUT2D eigenvalue weighted by atomic mass is 9.78. The molecule has 40 heavy (non-hydrogen) atoms. The van der Waals surface area contributed by atoms with Crippen molar-refractivity contribution in [2.24, 2.45) is 0 Å². The van der Waals surface area contributed by atoms with Crippen molar-refractivity contribution in [1.29, 1.82) is 0 Å². The molecular formula is C36H42O2Si2. The Bertz CT molecular complexity index is 1270. The molecule has 4 heteroatoms. The Morgan fingerprint density at radius 3 is 1.00 bits per heavy atom. The highest BCUT2D eigenvalue weighted by atomic mass is 28.4. The Balaban J connectivity index is 2.03. The van der Waals surface area contributed by atoms with E-state index in [4.69, 9.17) is 8.85 Å². The molecule has 0 spiro atoms. The van der Waals surface area contributed by atoms with Crippen molar-refractivity contribution >= 4 is 28.8 Å². The van der Waals surface area contributed by atoms with Gasteiger partial charge in [0, 0.05) is 0 Å². The summed E-state index contributed by atoms with van der Waals surface area (Å²) in [5.41, 5.74) is 4.66. The first-order chi connectivity index (χ1) is 19.1. The van der Waals surface area contributed by atoms with E-state index < -0.39 is 16.6 Å². The second-order valence-electron chi connectivity index (χ2n) is 12.1. The van der Waals surface area contributed by atoms with Crippen LogP contribution in [0.3, 0.4) is 0 Å². The van der Waals surface area contributed by atoms with Gasteiger partial charge in [0.15, 0.2) is 0 Å². The highest BCUT2D eigenvalue weighted by Gasteiger charge is 2.37. The number of benzene rings is 4. The molecule has 0 N–H and O–H groups in total. The maximum atomic E-state index is 7.02. The summed E-state index contributed by atoms with van der Waals surface area (Å²) in [6, 6.07) is 42.6. The maximum Gasteiger partial charge on any atom is 0.241 e. The van der Waals surface area contributed by atoms with E-state index in [1.165, 1.54) is 11.1 Å². The summed E-state index contributed by atoms with van der Waals surface area (Å²) in [7, 11) is -3.98. The van der Waals surface area contributed by atoms with Crippen LogP contribution in [0, 0.1) is 0 Å². The molecule has 0 saturated carbocycles.